The number of rotatable bonds is 1. The van der Waals surface area contributed by atoms with E-state index in [2.05, 4.69) is 32.7 Å². The van der Waals surface area contributed by atoms with Crippen LogP contribution in [0.1, 0.15) is 0 Å². The Bertz CT molecular complexity index is 306. The lowest BCUT2D eigenvalue weighted by Gasteiger charge is -2.28. The Labute approximate surface area is 94.6 Å². The van der Waals surface area contributed by atoms with Gasteiger partial charge in [0.05, 0.1) is 0 Å². The number of pyridine rings is 1. The molecule has 0 aliphatic carbocycles. The van der Waals surface area contributed by atoms with Gasteiger partial charge < -0.3 is 21.7 Å². The van der Waals surface area contributed by atoms with Crippen LogP contribution in [0.15, 0.2) is 24.4 Å². The number of nitrogens with one attached hydrogen (secondary N) is 1. The second-order valence-corrected chi connectivity index (χ2v) is 3.33. The third-order valence-corrected chi connectivity index (χ3v) is 2.09. The van der Waals surface area contributed by atoms with Crippen molar-refractivity contribution in [2.45, 2.75) is 0 Å². The predicted octanol–water partition coefficient (Wildman–Crippen LogP) is -0.485. The van der Waals surface area contributed by atoms with Crippen molar-refractivity contribution >= 4 is 11.8 Å². The van der Waals surface area contributed by atoms with Crippen molar-refractivity contribution in [3.63, 3.8) is 0 Å². The van der Waals surface area contributed by atoms with Crippen molar-refractivity contribution in [1.29, 1.82) is 0 Å². The van der Waals surface area contributed by atoms with Gasteiger partial charge in [-0.3, -0.25) is 0 Å². The Morgan fingerprint density at radius 2 is 1.94 bits per heavy atom. The van der Waals surface area contributed by atoms with Crippen LogP contribution in [-0.2, 0) is 0 Å². The Kier molecular flexibility index (Phi) is 5.07. The highest BCUT2D eigenvalue weighted by molar-refractivity contribution is 5.69. The summed E-state index contributed by atoms with van der Waals surface area (Å²) in [5, 5.41) is 3.32. The van der Waals surface area contributed by atoms with Gasteiger partial charge in [-0.05, 0) is 12.1 Å². The molecule has 5 N–H and O–H groups in total. The zero-order chi connectivity index (χ0) is 11.8. The van der Waals surface area contributed by atoms with E-state index < -0.39 is 6.03 Å². The van der Waals surface area contributed by atoms with E-state index in [1.54, 1.807) is 0 Å². The fraction of sp³-hybridized carbons (Fsp3) is 0.400. The number of aromatic nitrogens is 1. The van der Waals surface area contributed by atoms with Crippen LogP contribution in [0.2, 0.25) is 0 Å². The number of nitrogens with two attached hydrogens (primary N) is 2. The molecule has 2 amide bonds. The van der Waals surface area contributed by atoms with Gasteiger partial charge in [0, 0.05) is 32.4 Å². The number of primary amides is 2. The topological polar surface area (TPSA) is 97.3 Å². The molecule has 16 heavy (non-hydrogen) atoms. The average Bonchev–Trinajstić information content (AvgIpc) is 2.31. The smallest absolute Gasteiger partial charge is 0.309 e. The monoisotopic (exact) mass is 223 g/mol. The molecule has 2 heterocycles. The summed E-state index contributed by atoms with van der Waals surface area (Å²) in [5.74, 6) is 1.10. The first-order valence-electron chi connectivity index (χ1n) is 5.12. The van der Waals surface area contributed by atoms with Crippen molar-refractivity contribution in [1.82, 2.24) is 10.3 Å². The number of carbonyl (C=O) groups is 1. The van der Waals surface area contributed by atoms with E-state index in [9.17, 15) is 0 Å². The molecule has 88 valence electrons. The van der Waals surface area contributed by atoms with Crippen LogP contribution in [0.4, 0.5) is 10.6 Å². The van der Waals surface area contributed by atoms with Gasteiger partial charge in [-0.15, -0.1) is 0 Å². The van der Waals surface area contributed by atoms with Crippen LogP contribution >= 0.6 is 0 Å². The first-order valence-corrected chi connectivity index (χ1v) is 5.12. The van der Waals surface area contributed by atoms with Crippen LogP contribution in [0.5, 0.6) is 0 Å². The van der Waals surface area contributed by atoms with Gasteiger partial charge in [0.25, 0.3) is 0 Å². The average molecular weight is 223 g/mol. The van der Waals surface area contributed by atoms with E-state index in [1.807, 2.05) is 18.3 Å². The van der Waals surface area contributed by atoms with Crippen LogP contribution < -0.4 is 21.7 Å². The Balaban J connectivity index is 0.000000280. The summed E-state index contributed by atoms with van der Waals surface area (Å²) in [6.07, 6.45) is 1.84. The minimum Gasteiger partial charge on any atom is -0.354 e. The second-order valence-electron chi connectivity index (χ2n) is 3.33. The van der Waals surface area contributed by atoms with E-state index in [-0.39, 0.29) is 0 Å². The molecule has 0 bridgehead atoms. The van der Waals surface area contributed by atoms with E-state index >= 15 is 0 Å². The Hall–Kier alpha value is -1.82. The fourth-order valence-electron chi connectivity index (χ4n) is 1.43. The molecule has 0 atom stereocenters. The van der Waals surface area contributed by atoms with Crippen LogP contribution in [0.3, 0.4) is 0 Å². The number of carbonyl (C=O) groups excluding carboxylic acids is 1. The first-order chi connectivity index (χ1) is 7.70. The highest BCUT2D eigenvalue weighted by atomic mass is 16.2. The molecule has 0 radical (unpaired) electrons. The standard InChI is InChI=1S/C9H13N3.CH4N2O/c1-2-4-11-9(3-1)12-7-5-10-6-8-12;2-1(3)4/h1-4,10H,5-8H2;(H4,2,3,4). The third-order valence-electron chi connectivity index (χ3n) is 2.09. The van der Waals surface area contributed by atoms with Gasteiger partial charge in [0.2, 0.25) is 0 Å². The van der Waals surface area contributed by atoms with Gasteiger partial charge in [-0.1, -0.05) is 6.07 Å². The highest BCUT2D eigenvalue weighted by Crippen LogP contribution is 2.08. The zero-order valence-corrected chi connectivity index (χ0v) is 9.10. The molecule has 2 rings (SSSR count). The number of urea groups is 1. The molecule has 0 spiro atoms. The molecular weight excluding hydrogens is 206 g/mol. The predicted molar refractivity (Wildman–Crippen MR) is 63.1 cm³/mol. The van der Waals surface area contributed by atoms with Gasteiger partial charge >= 0.3 is 6.03 Å². The van der Waals surface area contributed by atoms with Gasteiger partial charge in [-0.2, -0.15) is 0 Å². The molecule has 1 aliphatic heterocycles. The van der Waals surface area contributed by atoms with Crippen molar-refractivity contribution in [2.24, 2.45) is 11.5 Å². The highest BCUT2D eigenvalue weighted by Gasteiger charge is 2.09. The molecular formula is C10H17N5O. The number of anilines is 1. The van der Waals surface area contributed by atoms with Crippen molar-refractivity contribution in [2.75, 3.05) is 31.1 Å². The molecule has 0 saturated carbocycles. The summed E-state index contributed by atoms with van der Waals surface area (Å²) in [7, 11) is 0. The lowest BCUT2D eigenvalue weighted by molar-refractivity contribution is 0.256. The lowest BCUT2D eigenvalue weighted by Crippen LogP contribution is -2.43. The van der Waals surface area contributed by atoms with Crippen LogP contribution in [0, 0.1) is 0 Å². The summed E-state index contributed by atoms with van der Waals surface area (Å²) in [5.41, 5.74) is 8.50. The summed E-state index contributed by atoms with van der Waals surface area (Å²) < 4.78 is 0. The quantitative estimate of drug-likeness (QED) is 0.598. The van der Waals surface area contributed by atoms with Crippen LogP contribution in [0.25, 0.3) is 0 Å². The molecule has 6 nitrogen and oxygen atoms in total. The SMILES string of the molecule is NC(N)=O.c1ccc(N2CCNCC2)nc1. The summed E-state index contributed by atoms with van der Waals surface area (Å²) in [6, 6.07) is 5.21. The van der Waals surface area contributed by atoms with E-state index in [0.29, 0.717) is 0 Å². The second kappa shape index (κ2) is 6.62. The molecule has 1 saturated heterocycles. The normalized spacial score (nSPS) is 14.9. The number of piperazine rings is 1. The third kappa shape index (κ3) is 4.61. The van der Waals surface area contributed by atoms with E-state index in [1.165, 1.54) is 0 Å². The van der Waals surface area contributed by atoms with Gasteiger partial charge in [0.1, 0.15) is 5.82 Å². The maximum absolute atomic E-state index is 9.00. The van der Waals surface area contributed by atoms with E-state index in [0.717, 1.165) is 32.0 Å². The molecule has 0 aromatic carbocycles. The molecule has 1 fully saturated rings. The van der Waals surface area contributed by atoms with E-state index in [4.69, 9.17) is 4.79 Å². The number of hydrogen-bond acceptors (Lipinski definition) is 4. The van der Waals surface area contributed by atoms with Crippen LogP contribution in [-0.4, -0.2) is 37.2 Å². The lowest BCUT2D eigenvalue weighted by atomic mass is 10.3. The minimum absolute atomic E-state index is 0.833. The zero-order valence-electron chi connectivity index (χ0n) is 9.10. The molecule has 1 aliphatic rings. The maximum atomic E-state index is 9.00. The molecule has 6 heteroatoms. The number of amides is 2. The Morgan fingerprint density at radius 1 is 1.31 bits per heavy atom. The summed E-state index contributed by atoms with van der Waals surface area (Å²) >= 11 is 0. The molecule has 0 unspecified atom stereocenters. The fourth-order valence-corrected chi connectivity index (χ4v) is 1.43. The van der Waals surface area contributed by atoms with Gasteiger partial charge in [-0.25, -0.2) is 9.78 Å². The summed E-state index contributed by atoms with van der Waals surface area (Å²) in [4.78, 5) is 15.6. The molecule has 1 aromatic heterocycles. The maximum Gasteiger partial charge on any atom is 0.309 e. The largest absolute Gasteiger partial charge is 0.354 e. The minimum atomic E-state index is -0.833. The van der Waals surface area contributed by atoms with Crippen molar-refractivity contribution in [3.05, 3.63) is 24.4 Å². The Morgan fingerprint density at radius 3 is 2.44 bits per heavy atom. The number of nitrogens with zero attached hydrogens (tertiary/aromatic N) is 2. The first kappa shape index (κ1) is 12.3. The van der Waals surface area contributed by atoms with Crippen molar-refractivity contribution in [3.8, 4) is 0 Å². The number of hydrogen-bond donors (Lipinski definition) is 3. The van der Waals surface area contributed by atoms with Crippen molar-refractivity contribution < 1.29 is 4.79 Å². The summed E-state index contributed by atoms with van der Waals surface area (Å²) in [6.45, 7) is 4.27. The molecule has 1 aromatic rings. The van der Waals surface area contributed by atoms with Gasteiger partial charge in [0.15, 0.2) is 0 Å².